The van der Waals surface area contributed by atoms with Crippen LogP contribution in [0.3, 0.4) is 0 Å². The monoisotopic (exact) mass is 515 g/mol. The van der Waals surface area contributed by atoms with Crippen molar-refractivity contribution in [3.05, 3.63) is 102 Å². The molecule has 1 aliphatic carbocycles. The van der Waals surface area contributed by atoms with Gasteiger partial charge in [-0.25, -0.2) is 4.98 Å². The largest absolute Gasteiger partial charge is 0.490 e. The van der Waals surface area contributed by atoms with E-state index in [1.807, 2.05) is 60.9 Å². The Labute approximate surface area is 220 Å². The molecule has 6 rings (SSSR count). The van der Waals surface area contributed by atoms with E-state index in [9.17, 15) is 0 Å². The molecule has 2 fully saturated rings. The second-order valence-corrected chi connectivity index (χ2v) is 9.98. The second-order valence-electron chi connectivity index (χ2n) is 9.15. The maximum absolute atomic E-state index is 6.20. The molecule has 1 aromatic carbocycles. The van der Waals surface area contributed by atoms with Crippen LogP contribution in [0.15, 0.2) is 85.3 Å². The van der Waals surface area contributed by atoms with Gasteiger partial charge in [-0.2, -0.15) is 0 Å². The van der Waals surface area contributed by atoms with E-state index in [1.165, 1.54) is 12.8 Å². The molecular weight excluding hydrogens is 490 g/mol. The van der Waals surface area contributed by atoms with Crippen LogP contribution in [0.4, 0.5) is 5.69 Å². The van der Waals surface area contributed by atoms with Gasteiger partial charge in [-0.3, -0.25) is 4.98 Å². The molecule has 36 heavy (non-hydrogen) atoms. The minimum atomic E-state index is -0.151. The quantitative estimate of drug-likeness (QED) is 0.299. The Balaban J connectivity index is 1.39. The van der Waals surface area contributed by atoms with Crippen LogP contribution in [0.5, 0.6) is 5.75 Å². The highest BCUT2D eigenvalue weighted by Crippen LogP contribution is 2.42. The first-order valence-corrected chi connectivity index (χ1v) is 13.0. The molecule has 6 nitrogen and oxygen atoms in total. The van der Waals surface area contributed by atoms with Crippen molar-refractivity contribution in [3.8, 4) is 11.6 Å². The number of nitrogens with zero attached hydrogens (tertiary/aromatic N) is 4. The van der Waals surface area contributed by atoms with Crippen LogP contribution in [-0.4, -0.2) is 25.8 Å². The van der Waals surface area contributed by atoms with Gasteiger partial charge in [0.05, 0.1) is 22.9 Å². The van der Waals surface area contributed by atoms with Crippen LogP contribution >= 0.6 is 23.8 Å². The van der Waals surface area contributed by atoms with Crippen LogP contribution in [0.2, 0.25) is 5.02 Å². The normalized spacial score (nSPS) is 20.0. The van der Waals surface area contributed by atoms with Crippen molar-refractivity contribution < 1.29 is 4.74 Å². The Morgan fingerprint density at radius 2 is 1.78 bits per heavy atom. The van der Waals surface area contributed by atoms with Crippen molar-refractivity contribution in [3.63, 3.8) is 0 Å². The molecule has 8 heteroatoms. The maximum atomic E-state index is 6.20. The molecule has 1 saturated heterocycles. The van der Waals surface area contributed by atoms with Gasteiger partial charge in [0, 0.05) is 30.0 Å². The predicted molar refractivity (Wildman–Crippen MR) is 146 cm³/mol. The first-order valence-electron chi connectivity index (χ1n) is 12.2. The van der Waals surface area contributed by atoms with Crippen molar-refractivity contribution in [1.29, 1.82) is 0 Å². The van der Waals surface area contributed by atoms with Crippen molar-refractivity contribution >= 4 is 34.6 Å². The third-order valence-corrected chi connectivity index (χ3v) is 7.40. The van der Waals surface area contributed by atoms with Gasteiger partial charge in [-0.05, 0) is 98.6 Å². The zero-order chi connectivity index (χ0) is 24.5. The molecule has 1 saturated carbocycles. The van der Waals surface area contributed by atoms with E-state index in [-0.39, 0.29) is 12.1 Å². The van der Waals surface area contributed by atoms with Crippen LogP contribution in [0.25, 0.3) is 5.82 Å². The molecule has 1 aliphatic heterocycles. The number of pyridine rings is 2. The number of benzene rings is 1. The second kappa shape index (κ2) is 9.91. The lowest BCUT2D eigenvalue weighted by atomic mass is 10.0. The summed E-state index contributed by atoms with van der Waals surface area (Å²) in [6, 6.07) is 21.8. The van der Waals surface area contributed by atoms with Crippen molar-refractivity contribution in [2.24, 2.45) is 0 Å². The van der Waals surface area contributed by atoms with E-state index in [0.29, 0.717) is 16.2 Å². The van der Waals surface area contributed by atoms with Gasteiger partial charge in [0.2, 0.25) is 0 Å². The third kappa shape index (κ3) is 4.45. The molecule has 2 aliphatic rings. The lowest BCUT2D eigenvalue weighted by Crippen LogP contribution is -2.30. The number of halogens is 1. The van der Waals surface area contributed by atoms with E-state index in [1.54, 1.807) is 6.20 Å². The van der Waals surface area contributed by atoms with Gasteiger partial charge in [0.25, 0.3) is 0 Å². The first-order chi connectivity index (χ1) is 17.7. The van der Waals surface area contributed by atoms with Crippen molar-refractivity contribution in [1.82, 2.24) is 19.9 Å². The molecule has 3 aromatic heterocycles. The highest BCUT2D eigenvalue weighted by molar-refractivity contribution is 7.80. The number of hydrogen-bond donors (Lipinski definition) is 1. The van der Waals surface area contributed by atoms with Gasteiger partial charge in [-0.1, -0.05) is 17.7 Å². The molecule has 0 unspecified atom stereocenters. The molecule has 0 radical (unpaired) electrons. The van der Waals surface area contributed by atoms with Gasteiger partial charge < -0.3 is 19.5 Å². The van der Waals surface area contributed by atoms with Gasteiger partial charge in [0.1, 0.15) is 17.6 Å². The maximum Gasteiger partial charge on any atom is 0.174 e. The van der Waals surface area contributed by atoms with Crippen molar-refractivity contribution in [2.45, 2.75) is 43.9 Å². The first kappa shape index (κ1) is 23.0. The summed E-state index contributed by atoms with van der Waals surface area (Å²) in [5.41, 5.74) is 2.95. The summed E-state index contributed by atoms with van der Waals surface area (Å²) in [6.45, 7) is 0. The SMILES string of the molecule is S=C1N[C@@H](c2ccccn2)[C@@H](c2cccn2-c2ccc(Cl)cn2)N1c1ccc(OC2CCCC2)cc1. The standard InChI is InChI=1S/C28H26ClN5OS/c29-19-10-15-25(31-18-19)33-17-5-9-24(33)27-26(23-8-3-4-16-30-23)32-28(36)34(27)20-11-13-22(14-12-20)35-21-6-1-2-7-21/h3-5,8-18,21,26-27H,1-2,6-7H2,(H,32,36)/t26-,27+/m0/s1. The fourth-order valence-corrected chi connectivity index (χ4v) is 5.63. The highest BCUT2D eigenvalue weighted by Gasteiger charge is 2.42. The molecular formula is C28H26ClN5OS. The topological polar surface area (TPSA) is 55.2 Å². The Morgan fingerprint density at radius 3 is 2.50 bits per heavy atom. The summed E-state index contributed by atoms with van der Waals surface area (Å²) >= 11 is 12.0. The zero-order valence-corrected chi connectivity index (χ0v) is 21.2. The molecule has 1 N–H and O–H groups in total. The van der Waals surface area contributed by atoms with E-state index < -0.39 is 0 Å². The number of thiocarbonyl (C=S) groups is 1. The number of nitrogens with one attached hydrogen (secondary N) is 1. The zero-order valence-electron chi connectivity index (χ0n) is 19.6. The highest BCUT2D eigenvalue weighted by atomic mass is 35.5. The van der Waals surface area contributed by atoms with Gasteiger partial charge in [0.15, 0.2) is 5.11 Å². The fraction of sp³-hybridized carbons (Fsp3) is 0.250. The molecule has 0 amide bonds. The summed E-state index contributed by atoms with van der Waals surface area (Å²) in [7, 11) is 0. The average Bonchev–Trinajstić information content (AvgIpc) is 3.66. The number of rotatable bonds is 6. The lowest BCUT2D eigenvalue weighted by Gasteiger charge is -2.29. The summed E-state index contributed by atoms with van der Waals surface area (Å²) in [5, 5.41) is 4.78. The molecule has 4 heterocycles. The third-order valence-electron chi connectivity index (χ3n) is 6.86. The van der Waals surface area contributed by atoms with Crippen LogP contribution in [0, 0.1) is 0 Å². The van der Waals surface area contributed by atoms with E-state index in [4.69, 9.17) is 28.6 Å². The van der Waals surface area contributed by atoms with E-state index in [0.717, 1.165) is 41.5 Å². The molecule has 0 spiro atoms. The predicted octanol–water partition coefficient (Wildman–Crippen LogP) is 6.42. The Morgan fingerprint density at radius 1 is 0.944 bits per heavy atom. The smallest absolute Gasteiger partial charge is 0.174 e. The number of aromatic nitrogens is 3. The fourth-order valence-electron chi connectivity index (χ4n) is 5.17. The summed E-state index contributed by atoms with van der Waals surface area (Å²) in [6.07, 6.45) is 10.6. The summed E-state index contributed by atoms with van der Waals surface area (Å²) < 4.78 is 8.28. The van der Waals surface area contributed by atoms with Gasteiger partial charge >= 0.3 is 0 Å². The van der Waals surface area contributed by atoms with E-state index in [2.05, 4.69) is 43.0 Å². The number of ether oxygens (including phenoxy) is 1. The van der Waals surface area contributed by atoms with E-state index >= 15 is 0 Å². The number of anilines is 1. The lowest BCUT2D eigenvalue weighted by molar-refractivity contribution is 0.210. The Kier molecular flexibility index (Phi) is 6.34. The molecule has 0 bridgehead atoms. The van der Waals surface area contributed by atoms with Crippen molar-refractivity contribution in [2.75, 3.05) is 4.90 Å². The number of hydrogen-bond acceptors (Lipinski definition) is 4. The minimum absolute atomic E-state index is 0.144. The van der Waals surface area contributed by atoms with Crippen LogP contribution in [-0.2, 0) is 0 Å². The average molecular weight is 516 g/mol. The summed E-state index contributed by atoms with van der Waals surface area (Å²) in [4.78, 5) is 11.4. The minimum Gasteiger partial charge on any atom is -0.490 e. The molecule has 182 valence electrons. The Bertz CT molecular complexity index is 1340. The molecule has 4 aromatic rings. The van der Waals surface area contributed by atoms with Crippen LogP contribution in [0.1, 0.15) is 49.2 Å². The Hall–Kier alpha value is -3.42. The molecule has 2 atom stereocenters. The van der Waals surface area contributed by atoms with Gasteiger partial charge in [-0.15, -0.1) is 0 Å². The van der Waals surface area contributed by atoms with Crippen LogP contribution < -0.4 is 15.0 Å². The summed E-state index contributed by atoms with van der Waals surface area (Å²) in [5.74, 6) is 1.69.